The maximum Gasteiger partial charge on any atom is 0.246 e. The number of hydrogen-bond acceptors (Lipinski definition) is 3. The molecule has 0 bridgehead atoms. The van der Waals surface area contributed by atoms with Crippen LogP contribution in [0.5, 0.6) is 0 Å². The molecule has 2 rings (SSSR count). The number of benzene rings is 1. The van der Waals surface area contributed by atoms with Gasteiger partial charge in [-0.15, -0.1) is 0 Å². The Hall–Kier alpha value is -0.810. The Balaban J connectivity index is 1.93. The van der Waals surface area contributed by atoms with Gasteiger partial charge in [0, 0.05) is 22.2 Å². The lowest BCUT2D eigenvalue weighted by molar-refractivity contribution is -0.129. The molecule has 1 aromatic rings. The highest BCUT2D eigenvalue weighted by molar-refractivity contribution is 6.35. The van der Waals surface area contributed by atoms with Crippen molar-refractivity contribution in [3.63, 3.8) is 0 Å². The molecule has 1 saturated heterocycles. The fraction of sp³-hybridized carbons (Fsp3) is 0.500. The molecule has 1 atom stereocenters. The molecule has 1 unspecified atom stereocenters. The number of nitrogens with two attached hydrogens (primary N) is 1. The first-order valence-electron chi connectivity index (χ1n) is 6.61. The van der Waals surface area contributed by atoms with Gasteiger partial charge in [0.1, 0.15) is 6.10 Å². The lowest BCUT2D eigenvalue weighted by atomic mass is 9.90. The zero-order valence-electron chi connectivity index (χ0n) is 11.1. The standard InChI is InChI=1S/C14H18Cl2N2O2/c15-11-2-1-3-12(16)10(11)8-18-6-4-9(5-7-18)13(19)14(17)20/h1-3,9,13,19H,4-8H2,(H2,17,20). The maximum atomic E-state index is 11.0. The third-order valence-corrected chi connectivity index (χ3v) is 4.52. The van der Waals surface area contributed by atoms with Crippen molar-refractivity contribution in [2.45, 2.75) is 25.5 Å². The zero-order valence-corrected chi connectivity index (χ0v) is 12.6. The van der Waals surface area contributed by atoms with Crippen LogP contribution in [0.2, 0.25) is 10.0 Å². The third kappa shape index (κ3) is 3.64. The van der Waals surface area contributed by atoms with Gasteiger partial charge >= 0.3 is 0 Å². The number of nitrogens with zero attached hydrogens (tertiary/aromatic N) is 1. The van der Waals surface area contributed by atoms with Crippen molar-refractivity contribution in [2.75, 3.05) is 13.1 Å². The van der Waals surface area contributed by atoms with E-state index in [0.717, 1.165) is 31.5 Å². The van der Waals surface area contributed by atoms with E-state index in [1.807, 2.05) is 18.2 Å². The molecular weight excluding hydrogens is 299 g/mol. The molecule has 0 aliphatic carbocycles. The Kier molecular flexibility index (Phi) is 5.27. The molecule has 4 nitrogen and oxygen atoms in total. The van der Waals surface area contributed by atoms with Crippen LogP contribution in [0.1, 0.15) is 18.4 Å². The fourth-order valence-corrected chi connectivity index (χ4v) is 3.08. The monoisotopic (exact) mass is 316 g/mol. The number of halogens is 2. The molecule has 0 aromatic heterocycles. The quantitative estimate of drug-likeness (QED) is 0.893. The second-order valence-corrected chi connectivity index (χ2v) is 5.98. The molecule has 0 spiro atoms. The minimum absolute atomic E-state index is 0.0505. The summed E-state index contributed by atoms with van der Waals surface area (Å²) in [5.74, 6) is -0.692. The van der Waals surface area contributed by atoms with E-state index in [4.69, 9.17) is 28.9 Å². The Labute approximate surface area is 128 Å². The van der Waals surface area contributed by atoms with Gasteiger partial charge in [0.25, 0.3) is 0 Å². The van der Waals surface area contributed by atoms with Gasteiger partial charge in [-0.1, -0.05) is 29.3 Å². The largest absolute Gasteiger partial charge is 0.383 e. The van der Waals surface area contributed by atoms with E-state index in [-0.39, 0.29) is 5.92 Å². The SMILES string of the molecule is NC(=O)C(O)C1CCN(Cc2c(Cl)cccc2Cl)CC1. The van der Waals surface area contributed by atoms with Crippen LogP contribution >= 0.6 is 23.2 Å². The summed E-state index contributed by atoms with van der Waals surface area (Å²) in [6.45, 7) is 2.25. The second kappa shape index (κ2) is 6.76. The van der Waals surface area contributed by atoms with Gasteiger partial charge in [0.05, 0.1) is 0 Å². The number of likely N-dealkylation sites (tertiary alicyclic amines) is 1. The van der Waals surface area contributed by atoms with Crippen LogP contribution in [0.3, 0.4) is 0 Å². The molecule has 1 heterocycles. The molecule has 6 heteroatoms. The van der Waals surface area contributed by atoms with Crippen LogP contribution in [0.25, 0.3) is 0 Å². The van der Waals surface area contributed by atoms with Crippen molar-refractivity contribution < 1.29 is 9.90 Å². The van der Waals surface area contributed by atoms with Crippen LogP contribution in [-0.2, 0) is 11.3 Å². The lowest BCUT2D eigenvalue weighted by Crippen LogP contribution is -2.42. The van der Waals surface area contributed by atoms with Crippen molar-refractivity contribution >= 4 is 29.1 Å². The number of primary amides is 1. The summed E-state index contributed by atoms with van der Waals surface area (Å²) in [6.07, 6.45) is 0.444. The highest BCUT2D eigenvalue weighted by atomic mass is 35.5. The summed E-state index contributed by atoms with van der Waals surface area (Å²) in [5.41, 5.74) is 6.05. The van der Waals surface area contributed by atoms with Gasteiger partial charge in [-0.25, -0.2) is 0 Å². The Morgan fingerprint density at radius 3 is 2.40 bits per heavy atom. The number of aliphatic hydroxyl groups is 1. The lowest BCUT2D eigenvalue weighted by Gasteiger charge is -2.33. The highest BCUT2D eigenvalue weighted by Crippen LogP contribution is 2.28. The van der Waals surface area contributed by atoms with E-state index in [1.54, 1.807) is 0 Å². The summed E-state index contributed by atoms with van der Waals surface area (Å²) < 4.78 is 0. The van der Waals surface area contributed by atoms with Crippen molar-refractivity contribution in [3.8, 4) is 0 Å². The highest BCUT2D eigenvalue weighted by Gasteiger charge is 2.28. The molecule has 1 aromatic carbocycles. The van der Waals surface area contributed by atoms with Crippen LogP contribution in [0.15, 0.2) is 18.2 Å². The average Bonchev–Trinajstić information content (AvgIpc) is 2.43. The maximum absolute atomic E-state index is 11.0. The number of carbonyl (C=O) groups excluding carboxylic acids is 1. The van der Waals surface area contributed by atoms with Crippen molar-refractivity contribution in [3.05, 3.63) is 33.8 Å². The predicted octanol–water partition coefficient (Wildman–Crippen LogP) is 2.05. The molecule has 20 heavy (non-hydrogen) atoms. The number of piperidine rings is 1. The Morgan fingerprint density at radius 1 is 1.35 bits per heavy atom. The fourth-order valence-electron chi connectivity index (χ4n) is 2.57. The van der Waals surface area contributed by atoms with Crippen LogP contribution < -0.4 is 5.73 Å². The predicted molar refractivity (Wildman–Crippen MR) is 79.7 cm³/mol. The molecule has 0 saturated carbocycles. The summed E-state index contributed by atoms with van der Waals surface area (Å²) in [7, 11) is 0. The van der Waals surface area contributed by atoms with Gasteiger partial charge in [-0.2, -0.15) is 0 Å². The number of aliphatic hydroxyl groups excluding tert-OH is 1. The normalized spacial score (nSPS) is 18.9. The molecule has 110 valence electrons. The first kappa shape index (κ1) is 15.6. The molecule has 1 amide bonds. The van der Waals surface area contributed by atoms with E-state index in [0.29, 0.717) is 16.6 Å². The third-order valence-electron chi connectivity index (χ3n) is 3.81. The van der Waals surface area contributed by atoms with Gasteiger partial charge in [-0.05, 0) is 44.0 Å². The van der Waals surface area contributed by atoms with E-state index in [1.165, 1.54) is 0 Å². The van der Waals surface area contributed by atoms with E-state index >= 15 is 0 Å². The molecule has 1 aliphatic heterocycles. The first-order valence-corrected chi connectivity index (χ1v) is 7.37. The van der Waals surface area contributed by atoms with Crippen LogP contribution in [0, 0.1) is 5.92 Å². The smallest absolute Gasteiger partial charge is 0.246 e. The number of rotatable bonds is 4. The van der Waals surface area contributed by atoms with Gasteiger partial charge in [0.2, 0.25) is 5.91 Å². The van der Waals surface area contributed by atoms with E-state index in [2.05, 4.69) is 4.90 Å². The number of amides is 1. The van der Waals surface area contributed by atoms with Gasteiger partial charge in [0.15, 0.2) is 0 Å². The van der Waals surface area contributed by atoms with Crippen molar-refractivity contribution in [1.82, 2.24) is 4.90 Å². The van der Waals surface area contributed by atoms with Gasteiger partial charge in [-0.3, -0.25) is 9.69 Å². The summed E-state index contributed by atoms with van der Waals surface area (Å²) in [6, 6.07) is 5.47. The Bertz CT molecular complexity index is 468. The molecule has 0 radical (unpaired) electrons. The van der Waals surface area contributed by atoms with Crippen molar-refractivity contribution in [1.29, 1.82) is 0 Å². The minimum Gasteiger partial charge on any atom is -0.383 e. The van der Waals surface area contributed by atoms with Gasteiger partial charge < -0.3 is 10.8 Å². The molecular formula is C14H18Cl2N2O2. The molecule has 1 aliphatic rings. The summed E-state index contributed by atoms with van der Waals surface area (Å²) in [4.78, 5) is 13.2. The number of carbonyl (C=O) groups is 1. The second-order valence-electron chi connectivity index (χ2n) is 5.16. The first-order chi connectivity index (χ1) is 9.49. The molecule has 3 N–H and O–H groups in total. The molecule has 1 fully saturated rings. The van der Waals surface area contributed by atoms with Crippen molar-refractivity contribution in [2.24, 2.45) is 11.7 Å². The number of hydrogen-bond donors (Lipinski definition) is 2. The minimum atomic E-state index is -1.04. The summed E-state index contributed by atoms with van der Waals surface area (Å²) in [5, 5.41) is 11.0. The zero-order chi connectivity index (χ0) is 14.7. The Morgan fingerprint density at radius 2 is 1.90 bits per heavy atom. The van der Waals surface area contributed by atoms with E-state index < -0.39 is 12.0 Å². The average molecular weight is 317 g/mol. The van der Waals surface area contributed by atoms with Crippen LogP contribution in [-0.4, -0.2) is 35.1 Å². The van der Waals surface area contributed by atoms with Crippen LogP contribution in [0.4, 0.5) is 0 Å². The summed E-state index contributed by atoms with van der Waals surface area (Å²) >= 11 is 12.3. The van der Waals surface area contributed by atoms with E-state index in [9.17, 15) is 9.90 Å². The topological polar surface area (TPSA) is 66.6 Å².